The molecule has 0 bridgehead atoms. The molecule has 0 fully saturated rings. The van der Waals surface area contributed by atoms with Crippen molar-refractivity contribution in [1.29, 1.82) is 0 Å². The molecule has 1 aliphatic rings. The topological polar surface area (TPSA) is 59.6 Å². The summed E-state index contributed by atoms with van der Waals surface area (Å²) in [6.07, 6.45) is -3.66. The first kappa shape index (κ1) is 18.0. The van der Waals surface area contributed by atoms with Gasteiger partial charge in [0, 0.05) is 17.4 Å². The van der Waals surface area contributed by atoms with Crippen molar-refractivity contribution in [1.82, 2.24) is 0 Å². The number of amides is 1. The second-order valence-corrected chi connectivity index (χ2v) is 6.43. The first-order valence-electron chi connectivity index (χ1n) is 8.31. The Morgan fingerprint density at radius 3 is 2.46 bits per heavy atom. The Kier molecular flexibility index (Phi) is 4.71. The van der Waals surface area contributed by atoms with Crippen LogP contribution in [0.15, 0.2) is 42.5 Å². The number of halogens is 2. The molecule has 0 spiro atoms. The number of hydrogen-bond acceptors (Lipinski definition) is 4. The third-order valence-corrected chi connectivity index (χ3v) is 4.02. The quantitative estimate of drug-likeness (QED) is 0.818. The minimum Gasteiger partial charge on any atom is -0.395 e. The molecule has 2 N–H and O–H groups in total. The highest BCUT2D eigenvalue weighted by Gasteiger charge is 2.43. The predicted molar refractivity (Wildman–Crippen MR) is 94.9 cm³/mol. The zero-order chi connectivity index (χ0) is 18.9. The van der Waals surface area contributed by atoms with Gasteiger partial charge in [0.15, 0.2) is 11.5 Å². The van der Waals surface area contributed by atoms with Gasteiger partial charge in [-0.1, -0.05) is 32.0 Å². The molecule has 1 aliphatic heterocycles. The lowest BCUT2D eigenvalue weighted by Gasteiger charge is -2.18. The molecule has 1 heterocycles. The lowest BCUT2D eigenvalue weighted by atomic mass is 10.0. The molecule has 0 radical (unpaired) electrons. The van der Waals surface area contributed by atoms with Crippen molar-refractivity contribution in [2.45, 2.75) is 39.0 Å². The number of carbonyl (C=O) groups is 1. The Hall–Kier alpha value is -2.83. The van der Waals surface area contributed by atoms with E-state index in [2.05, 4.69) is 34.0 Å². The van der Waals surface area contributed by atoms with Crippen LogP contribution in [0.2, 0.25) is 0 Å². The van der Waals surface area contributed by atoms with Crippen LogP contribution in [0.4, 0.5) is 20.2 Å². The van der Waals surface area contributed by atoms with Crippen molar-refractivity contribution in [3.05, 3.63) is 48.0 Å². The summed E-state index contributed by atoms with van der Waals surface area (Å²) in [7, 11) is 0. The minimum atomic E-state index is -3.66. The van der Waals surface area contributed by atoms with E-state index < -0.39 is 12.3 Å². The molecule has 3 rings (SSSR count). The van der Waals surface area contributed by atoms with E-state index in [0.29, 0.717) is 5.69 Å². The molecule has 138 valence electrons. The normalized spacial score (nSPS) is 15.6. The number of rotatable bonds is 5. The Morgan fingerprint density at radius 2 is 1.73 bits per heavy atom. The Bertz CT molecular complexity index is 824. The molecule has 0 aromatic heterocycles. The third-order valence-electron chi connectivity index (χ3n) is 4.02. The number of anilines is 2. The number of ether oxygens (including phenoxy) is 2. The van der Waals surface area contributed by atoms with Gasteiger partial charge >= 0.3 is 6.29 Å². The molecule has 1 unspecified atom stereocenters. The van der Waals surface area contributed by atoms with Gasteiger partial charge in [0.2, 0.25) is 5.91 Å². The Morgan fingerprint density at radius 1 is 1.04 bits per heavy atom. The van der Waals surface area contributed by atoms with Gasteiger partial charge in [-0.25, -0.2) is 0 Å². The highest BCUT2D eigenvalue weighted by atomic mass is 19.3. The fourth-order valence-corrected chi connectivity index (χ4v) is 2.71. The number of fused-ring (bicyclic) bond motifs is 1. The molecular weight excluding hydrogens is 342 g/mol. The molecule has 7 heteroatoms. The van der Waals surface area contributed by atoms with E-state index in [4.69, 9.17) is 0 Å². The third kappa shape index (κ3) is 3.87. The highest BCUT2D eigenvalue weighted by molar-refractivity contribution is 5.97. The summed E-state index contributed by atoms with van der Waals surface area (Å²) in [6, 6.07) is 11.3. The van der Waals surface area contributed by atoms with Crippen molar-refractivity contribution in [3.8, 4) is 11.5 Å². The van der Waals surface area contributed by atoms with E-state index in [9.17, 15) is 13.6 Å². The number of benzene rings is 2. The maximum atomic E-state index is 13.1. The number of alkyl halides is 2. The average molecular weight is 362 g/mol. The molecule has 5 nitrogen and oxygen atoms in total. The maximum absolute atomic E-state index is 13.1. The summed E-state index contributed by atoms with van der Waals surface area (Å²) < 4.78 is 34.9. The second-order valence-electron chi connectivity index (χ2n) is 6.43. The van der Waals surface area contributed by atoms with Crippen LogP contribution in [0.25, 0.3) is 0 Å². The van der Waals surface area contributed by atoms with Gasteiger partial charge < -0.3 is 20.1 Å². The van der Waals surface area contributed by atoms with Crippen LogP contribution in [0, 0.1) is 0 Å². The van der Waals surface area contributed by atoms with Gasteiger partial charge in [-0.15, -0.1) is 8.78 Å². The van der Waals surface area contributed by atoms with Gasteiger partial charge in [-0.05, 0) is 36.6 Å². The van der Waals surface area contributed by atoms with Crippen LogP contribution in [0.3, 0.4) is 0 Å². The molecule has 1 amide bonds. The summed E-state index contributed by atoms with van der Waals surface area (Å²) in [4.78, 5) is 12.5. The smallest absolute Gasteiger partial charge is 0.395 e. The number of para-hydroxylation sites is 1. The zero-order valence-electron chi connectivity index (χ0n) is 14.7. The molecule has 0 saturated heterocycles. The highest BCUT2D eigenvalue weighted by Crippen LogP contribution is 2.42. The molecule has 1 atom stereocenters. The van der Waals surface area contributed by atoms with E-state index in [1.54, 1.807) is 13.0 Å². The van der Waals surface area contributed by atoms with Crippen LogP contribution < -0.4 is 20.1 Å². The summed E-state index contributed by atoms with van der Waals surface area (Å²) in [6.45, 7) is 5.79. The van der Waals surface area contributed by atoms with Crippen LogP contribution >= 0.6 is 0 Å². The van der Waals surface area contributed by atoms with Gasteiger partial charge in [0.05, 0.1) is 0 Å². The van der Waals surface area contributed by atoms with Gasteiger partial charge in [0.1, 0.15) is 6.04 Å². The SMILES string of the molecule is CC(Nc1ccc2c(c1)OC(F)(F)O2)C(=O)Nc1ccccc1C(C)C. The molecule has 26 heavy (non-hydrogen) atoms. The van der Waals surface area contributed by atoms with Crippen molar-refractivity contribution < 1.29 is 23.0 Å². The monoisotopic (exact) mass is 362 g/mol. The number of carbonyl (C=O) groups excluding carboxylic acids is 1. The molecular formula is C19H20F2N2O3. The zero-order valence-corrected chi connectivity index (χ0v) is 14.7. The first-order chi connectivity index (χ1) is 12.2. The summed E-state index contributed by atoms with van der Waals surface area (Å²) in [5, 5.41) is 5.88. The Balaban J connectivity index is 1.68. The van der Waals surface area contributed by atoms with Crippen molar-refractivity contribution in [2.24, 2.45) is 0 Å². The minimum absolute atomic E-state index is 0.0384. The Labute approximate surface area is 150 Å². The molecule has 2 aromatic rings. The van der Waals surface area contributed by atoms with Gasteiger partial charge in [-0.2, -0.15) is 0 Å². The largest absolute Gasteiger partial charge is 0.586 e. The number of hydrogen-bond donors (Lipinski definition) is 2. The van der Waals surface area contributed by atoms with E-state index in [1.807, 2.05) is 24.3 Å². The molecule has 0 saturated carbocycles. The fourth-order valence-electron chi connectivity index (χ4n) is 2.71. The lowest BCUT2D eigenvalue weighted by Crippen LogP contribution is -2.32. The maximum Gasteiger partial charge on any atom is 0.586 e. The predicted octanol–water partition coefficient (Wildman–Crippen LogP) is 4.57. The molecule has 0 aliphatic carbocycles. The summed E-state index contributed by atoms with van der Waals surface area (Å²) >= 11 is 0. The van der Waals surface area contributed by atoms with Crippen LogP contribution in [0.1, 0.15) is 32.3 Å². The fraction of sp³-hybridized carbons (Fsp3) is 0.316. The average Bonchev–Trinajstić information content (AvgIpc) is 2.88. The van der Waals surface area contributed by atoms with E-state index in [1.165, 1.54) is 12.1 Å². The van der Waals surface area contributed by atoms with Crippen molar-refractivity contribution in [3.63, 3.8) is 0 Å². The van der Waals surface area contributed by atoms with Crippen molar-refractivity contribution >= 4 is 17.3 Å². The first-order valence-corrected chi connectivity index (χ1v) is 8.31. The lowest BCUT2D eigenvalue weighted by molar-refractivity contribution is -0.286. The number of nitrogens with one attached hydrogen (secondary N) is 2. The summed E-state index contributed by atoms with van der Waals surface area (Å²) in [5.74, 6) is -0.0762. The van der Waals surface area contributed by atoms with Gasteiger partial charge in [-0.3, -0.25) is 4.79 Å². The van der Waals surface area contributed by atoms with Crippen molar-refractivity contribution in [2.75, 3.05) is 10.6 Å². The summed E-state index contributed by atoms with van der Waals surface area (Å²) in [5.41, 5.74) is 2.27. The molecule has 2 aromatic carbocycles. The van der Waals surface area contributed by atoms with E-state index >= 15 is 0 Å². The van der Waals surface area contributed by atoms with E-state index in [-0.39, 0.29) is 23.3 Å². The van der Waals surface area contributed by atoms with Gasteiger partial charge in [0.25, 0.3) is 0 Å². The van der Waals surface area contributed by atoms with Crippen LogP contribution in [0.5, 0.6) is 11.5 Å². The van der Waals surface area contributed by atoms with Crippen LogP contribution in [-0.4, -0.2) is 18.2 Å². The van der Waals surface area contributed by atoms with Crippen LogP contribution in [-0.2, 0) is 4.79 Å². The standard InChI is InChI=1S/C19H20F2N2O3/c1-11(2)14-6-4-5-7-15(14)23-18(24)12(3)22-13-8-9-16-17(10-13)26-19(20,21)25-16/h4-12,22H,1-3H3,(H,23,24). The van der Waals surface area contributed by atoms with E-state index in [0.717, 1.165) is 11.3 Å². The second kappa shape index (κ2) is 6.82.